The lowest BCUT2D eigenvalue weighted by atomic mass is 9.86. The molecule has 0 aromatic rings. The minimum absolute atomic E-state index is 0.102. The molecule has 0 aliphatic heterocycles. The van der Waals surface area contributed by atoms with E-state index in [1.54, 1.807) is 13.8 Å². The van der Waals surface area contributed by atoms with Crippen molar-refractivity contribution in [3.8, 4) is 0 Å². The Morgan fingerprint density at radius 3 is 2.06 bits per heavy atom. The van der Waals surface area contributed by atoms with E-state index in [0.29, 0.717) is 12.8 Å². The lowest BCUT2D eigenvalue weighted by molar-refractivity contribution is -0.172. The maximum Gasteiger partial charge on any atom is 0.323 e. The third kappa shape index (κ3) is 2.35. The summed E-state index contributed by atoms with van der Waals surface area (Å²) in [5.74, 6) is -1.16. The number of hydrogen-bond acceptors (Lipinski definition) is 5. The minimum atomic E-state index is -1.29. The van der Waals surface area contributed by atoms with Crippen LogP contribution >= 0.6 is 0 Å². The first-order valence-corrected chi connectivity index (χ1v) is 5.59. The van der Waals surface area contributed by atoms with Crippen LogP contribution in [0.2, 0.25) is 0 Å². The second kappa shape index (κ2) is 5.30. The summed E-state index contributed by atoms with van der Waals surface area (Å²) < 4.78 is 9.79. The Bertz CT molecular complexity index is 256. The van der Waals surface area contributed by atoms with Crippen molar-refractivity contribution in [2.75, 3.05) is 13.2 Å². The molecule has 1 rings (SSSR count). The van der Waals surface area contributed by atoms with E-state index < -0.39 is 23.5 Å². The zero-order chi connectivity index (χ0) is 12.2. The highest BCUT2D eigenvalue weighted by Crippen LogP contribution is 2.40. The number of carbonyl (C=O) groups excluding carboxylic acids is 2. The van der Waals surface area contributed by atoms with Gasteiger partial charge in [0.25, 0.3) is 0 Å². The van der Waals surface area contributed by atoms with Gasteiger partial charge in [0, 0.05) is 6.42 Å². The molecular weight excluding hydrogens is 212 g/mol. The van der Waals surface area contributed by atoms with Crippen molar-refractivity contribution in [3.63, 3.8) is 0 Å². The molecule has 0 radical (unpaired) electrons. The molecule has 1 aliphatic rings. The largest absolute Gasteiger partial charge is 0.465 e. The van der Waals surface area contributed by atoms with Gasteiger partial charge >= 0.3 is 11.9 Å². The van der Waals surface area contributed by atoms with E-state index in [1.165, 1.54) is 0 Å². The molecule has 1 N–H and O–H groups in total. The zero-order valence-corrected chi connectivity index (χ0v) is 9.69. The van der Waals surface area contributed by atoms with Crippen LogP contribution in [0.15, 0.2) is 0 Å². The fourth-order valence-corrected chi connectivity index (χ4v) is 2.01. The van der Waals surface area contributed by atoms with Gasteiger partial charge in [0.2, 0.25) is 0 Å². The van der Waals surface area contributed by atoms with Crippen molar-refractivity contribution >= 4 is 11.9 Å². The first kappa shape index (κ1) is 13.0. The normalized spacial score (nSPS) is 22.8. The number of carbonyl (C=O) groups is 2. The lowest BCUT2D eigenvalue weighted by Gasteiger charge is -2.23. The molecule has 0 saturated heterocycles. The third-order valence-corrected chi connectivity index (χ3v) is 2.82. The van der Waals surface area contributed by atoms with Gasteiger partial charge in [-0.25, -0.2) is 0 Å². The van der Waals surface area contributed by atoms with Gasteiger partial charge < -0.3 is 14.6 Å². The summed E-state index contributed by atoms with van der Waals surface area (Å²) in [5.41, 5.74) is -1.29. The fourth-order valence-electron chi connectivity index (χ4n) is 2.01. The van der Waals surface area contributed by atoms with Crippen LogP contribution in [-0.2, 0) is 19.1 Å². The Balaban J connectivity index is 2.85. The van der Waals surface area contributed by atoms with Gasteiger partial charge in [-0.15, -0.1) is 0 Å². The van der Waals surface area contributed by atoms with E-state index in [4.69, 9.17) is 9.47 Å². The number of rotatable bonds is 4. The van der Waals surface area contributed by atoms with Gasteiger partial charge in [0.15, 0.2) is 5.41 Å². The van der Waals surface area contributed by atoms with Crippen LogP contribution in [0.4, 0.5) is 0 Å². The number of hydrogen-bond donors (Lipinski definition) is 1. The highest BCUT2D eigenvalue weighted by Gasteiger charge is 2.53. The van der Waals surface area contributed by atoms with Crippen molar-refractivity contribution in [2.45, 2.75) is 39.2 Å². The number of esters is 2. The molecule has 1 atom stereocenters. The molecular formula is C11H18O5. The quantitative estimate of drug-likeness (QED) is 0.567. The molecule has 92 valence electrons. The summed E-state index contributed by atoms with van der Waals surface area (Å²) >= 11 is 0. The summed E-state index contributed by atoms with van der Waals surface area (Å²) in [6.07, 6.45) is 0.197. The van der Waals surface area contributed by atoms with Gasteiger partial charge in [0.1, 0.15) is 0 Å². The van der Waals surface area contributed by atoms with Crippen molar-refractivity contribution in [1.82, 2.24) is 0 Å². The molecule has 5 nitrogen and oxygen atoms in total. The lowest BCUT2D eigenvalue weighted by Crippen LogP contribution is -2.40. The van der Waals surface area contributed by atoms with Crippen LogP contribution in [0.5, 0.6) is 0 Å². The van der Waals surface area contributed by atoms with Gasteiger partial charge in [-0.1, -0.05) is 0 Å². The fraction of sp³-hybridized carbons (Fsp3) is 0.818. The van der Waals surface area contributed by atoms with E-state index in [1.807, 2.05) is 0 Å². The van der Waals surface area contributed by atoms with E-state index in [0.717, 1.165) is 0 Å². The van der Waals surface area contributed by atoms with E-state index in [2.05, 4.69) is 0 Å². The van der Waals surface area contributed by atoms with Gasteiger partial charge in [0.05, 0.1) is 19.3 Å². The van der Waals surface area contributed by atoms with Crippen LogP contribution < -0.4 is 0 Å². The summed E-state index contributed by atoms with van der Waals surface area (Å²) in [6.45, 7) is 3.80. The molecule has 0 unspecified atom stereocenters. The minimum Gasteiger partial charge on any atom is -0.465 e. The SMILES string of the molecule is CCOC(=O)C1(C(=O)OCC)CC[C@@H](O)C1. The van der Waals surface area contributed by atoms with E-state index in [-0.39, 0.29) is 19.6 Å². The average molecular weight is 230 g/mol. The summed E-state index contributed by atoms with van der Waals surface area (Å²) in [4.78, 5) is 23.6. The summed E-state index contributed by atoms with van der Waals surface area (Å²) in [5, 5.41) is 9.48. The predicted octanol–water partition coefficient (Wildman–Crippen LogP) is 0.644. The van der Waals surface area contributed by atoms with Crippen molar-refractivity contribution < 1.29 is 24.2 Å². The molecule has 1 saturated carbocycles. The van der Waals surface area contributed by atoms with Crippen LogP contribution in [0.3, 0.4) is 0 Å². The first-order valence-electron chi connectivity index (χ1n) is 5.59. The Kier molecular flexibility index (Phi) is 4.29. The van der Waals surface area contributed by atoms with Crippen LogP contribution in [0.25, 0.3) is 0 Å². The van der Waals surface area contributed by atoms with Crippen molar-refractivity contribution in [2.24, 2.45) is 5.41 Å². The van der Waals surface area contributed by atoms with Crippen LogP contribution in [0.1, 0.15) is 33.1 Å². The molecule has 1 fully saturated rings. The Morgan fingerprint density at radius 1 is 1.25 bits per heavy atom. The first-order chi connectivity index (χ1) is 7.56. The van der Waals surface area contributed by atoms with Crippen molar-refractivity contribution in [3.05, 3.63) is 0 Å². The summed E-state index contributed by atoms with van der Waals surface area (Å²) in [6, 6.07) is 0. The van der Waals surface area contributed by atoms with Crippen molar-refractivity contribution in [1.29, 1.82) is 0 Å². The zero-order valence-electron chi connectivity index (χ0n) is 9.69. The molecule has 5 heteroatoms. The van der Waals surface area contributed by atoms with Crippen LogP contribution in [-0.4, -0.2) is 36.4 Å². The molecule has 0 amide bonds. The Labute approximate surface area is 94.7 Å². The number of aliphatic hydroxyl groups is 1. The topological polar surface area (TPSA) is 72.8 Å². The van der Waals surface area contributed by atoms with Gasteiger partial charge in [-0.05, 0) is 26.7 Å². The van der Waals surface area contributed by atoms with E-state index in [9.17, 15) is 14.7 Å². The highest BCUT2D eigenvalue weighted by molar-refractivity contribution is 6.00. The Hall–Kier alpha value is -1.10. The number of aliphatic hydroxyl groups excluding tert-OH is 1. The third-order valence-electron chi connectivity index (χ3n) is 2.82. The molecule has 16 heavy (non-hydrogen) atoms. The molecule has 0 bridgehead atoms. The molecule has 0 heterocycles. The maximum absolute atomic E-state index is 11.8. The standard InChI is InChI=1S/C11H18O5/c1-3-15-9(13)11(10(14)16-4-2)6-5-8(12)7-11/h8,12H,3-7H2,1-2H3/t8-/m1/s1. The summed E-state index contributed by atoms with van der Waals surface area (Å²) in [7, 11) is 0. The van der Waals surface area contributed by atoms with E-state index >= 15 is 0 Å². The second-order valence-corrected chi connectivity index (χ2v) is 3.92. The monoisotopic (exact) mass is 230 g/mol. The smallest absolute Gasteiger partial charge is 0.323 e. The molecule has 0 aromatic carbocycles. The average Bonchev–Trinajstić information content (AvgIpc) is 2.63. The Morgan fingerprint density at radius 2 is 1.75 bits per heavy atom. The predicted molar refractivity (Wildman–Crippen MR) is 55.6 cm³/mol. The highest BCUT2D eigenvalue weighted by atomic mass is 16.6. The molecule has 0 aromatic heterocycles. The molecule has 1 aliphatic carbocycles. The maximum atomic E-state index is 11.8. The number of ether oxygens (including phenoxy) is 2. The molecule has 0 spiro atoms. The second-order valence-electron chi connectivity index (χ2n) is 3.92. The van der Waals surface area contributed by atoms with Crippen LogP contribution in [0, 0.1) is 5.41 Å². The van der Waals surface area contributed by atoms with Gasteiger partial charge in [-0.3, -0.25) is 9.59 Å². The van der Waals surface area contributed by atoms with Gasteiger partial charge in [-0.2, -0.15) is 0 Å².